The number of nitrogens with one attached hydrogen (secondary N) is 1. The summed E-state index contributed by atoms with van der Waals surface area (Å²) in [6.07, 6.45) is 2.59. The van der Waals surface area contributed by atoms with E-state index in [-0.39, 0.29) is 0 Å². The highest BCUT2D eigenvalue weighted by atomic mass is 32.1. The second kappa shape index (κ2) is 6.45. The minimum absolute atomic E-state index is 0.473. The van der Waals surface area contributed by atoms with Crippen molar-refractivity contribution in [3.63, 3.8) is 0 Å². The molecule has 0 bridgehead atoms. The summed E-state index contributed by atoms with van der Waals surface area (Å²) >= 11 is 1.64. The van der Waals surface area contributed by atoms with Crippen LogP contribution in [0.25, 0.3) is 0 Å². The van der Waals surface area contributed by atoms with Crippen molar-refractivity contribution in [3.05, 3.63) is 39.8 Å². The number of rotatable bonds is 7. The Labute approximate surface area is 129 Å². The summed E-state index contributed by atoms with van der Waals surface area (Å²) in [5, 5.41) is 6.58. The quantitative estimate of drug-likeness (QED) is 0.852. The topological polar surface area (TPSA) is 43.4 Å². The lowest BCUT2D eigenvalue weighted by Crippen LogP contribution is -2.15. The summed E-state index contributed by atoms with van der Waals surface area (Å²) in [7, 11) is 1.67. The number of thiazole rings is 1. The van der Waals surface area contributed by atoms with Gasteiger partial charge in [0.2, 0.25) is 0 Å². The highest BCUT2D eigenvalue weighted by molar-refractivity contribution is 7.09. The largest absolute Gasteiger partial charge is 0.493 e. The molecule has 1 N–H and O–H groups in total. The first-order valence-electron chi connectivity index (χ1n) is 7.18. The van der Waals surface area contributed by atoms with Crippen LogP contribution in [0.2, 0.25) is 0 Å². The van der Waals surface area contributed by atoms with E-state index >= 15 is 0 Å². The number of aromatic nitrogens is 1. The van der Waals surface area contributed by atoms with Crippen LogP contribution in [0.1, 0.15) is 29.1 Å². The van der Waals surface area contributed by atoms with Gasteiger partial charge < -0.3 is 14.8 Å². The molecule has 1 aliphatic rings. The number of methoxy groups -OCH3 is 1. The fraction of sp³-hybridized carbons (Fsp3) is 0.438. The average Bonchev–Trinajstić information content (AvgIpc) is 3.24. The van der Waals surface area contributed by atoms with Crippen LogP contribution < -0.4 is 14.8 Å². The van der Waals surface area contributed by atoms with Gasteiger partial charge in [-0.2, -0.15) is 0 Å². The van der Waals surface area contributed by atoms with E-state index in [2.05, 4.69) is 16.4 Å². The van der Waals surface area contributed by atoms with Crippen molar-refractivity contribution in [2.45, 2.75) is 39.0 Å². The van der Waals surface area contributed by atoms with Gasteiger partial charge in [-0.1, -0.05) is 6.07 Å². The Balaban J connectivity index is 1.63. The van der Waals surface area contributed by atoms with Crippen molar-refractivity contribution in [2.24, 2.45) is 0 Å². The first-order chi connectivity index (χ1) is 10.2. The van der Waals surface area contributed by atoms with Crippen molar-refractivity contribution >= 4 is 11.3 Å². The van der Waals surface area contributed by atoms with Crippen LogP contribution in [0.15, 0.2) is 23.6 Å². The van der Waals surface area contributed by atoms with Gasteiger partial charge in [0, 0.05) is 18.0 Å². The van der Waals surface area contributed by atoms with Gasteiger partial charge in [-0.25, -0.2) is 4.98 Å². The van der Waals surface area contributed by atoms with Gasteiger partial charge in [0.1, 0.15) is 6.61 Å². The van der Waals surface area contributed by atoms with E-state index in [1.165, 1.54) is 18.4 Å². The fourth-order valence-electron chi connectivity index (χ4n) is 2.12. The Kier molecular flexibility index (Phi) is 4.41. The highest BCUT2D eigenvalue weighted by Crippen LogP contribution is 2.29. The van der Waals surface area contributed by atoms with Crippen LogP contribution in [0, 0.1) is 6.92 Å². The molecule has 1 aliphatic carbocycles. The number of aryl methyl sites for hydroxylation is 1. The first kappa shape index (κ1) is 14.4. The van der Waals surface area contributed by atoms with E-state index in [1.807, 2.05) is 24.4 Å². The maximum absolute atomic E-state index is 5.82. The molecule has 1 saturated carbocycles. The molecule has 1 aromatic carbocycles. The molecule has 0 radical (unpaired) electrons. The van der Waals surface area contributed by atoms with Gasteiger partial charge in [0.15, 0.2) is 11.5 Å². The monoisotopic (exact) mass is 304 g/mol. The molecule has 112 valence electrons. The predicted octanol–water partition coefficient (Wildman–Crippen LogP) is 3.29. The molecule has 0 unspecified atom stereocenters. The summed E-state index contributed by atoms with van der Waals surface area (Å²) in [6.45, 7) is 3.35. The van der Waals surface area contributed by atoms with Crippen molar-refractivity contribution in [3.8, 4) is 11.5 Å². The average molecular weight is 304 g/mol. The Morgan fingerprint density at radius 3 is 2.86 bits per heavy atom. The molecule has 0 spiro atoms. The molecule has 2 aromatic rings. The number of ether oxygens (including phenoxy) is 2. The van der Waals surface area contributed by atoms with Crippen LogP contribution in [0.4, 0.5) is 0 Å². The zero-order valence-corrected chi connectivity index (χ0v) is 13.2. The smallest absolute Gasteiger partial charge is 0.161 e. The predicted molar refractivity (Wildman–Crippen MR) is 84.0 cm³/mol. The minimum Gasteiger partial charge on any atom is -0.493 e. The number of hydrogen-bond donors (Lipinski definition) is 1. The summed E-state index contributed by atoms with van der Waals surface area (Å²) < 4.78 is 11.3. The summed E-state index contributed by atoms with van der Waals surface area (Å²) in [5.74, 6) is 1.54. The van der Waals surface area contributed by atoms with Gasteiger partial charge in [-0.05, 0) is 37.5 Å². The van der Waals surface area contributed by atoms with Gasteiger partial charge in [-0.3, -0.25) is 0 Å². The molecule has 4 nitrogen and oxygen atoms in total. The standard InChI is InChI=1S/C16H20N2O2S/c1-11-18-14(10-21-11)9-20-15-6-3-12(7-16(15)19-2)8-17-13-4-5-13/h3,6-7,10,13,17H,4-5,8-9H2,1-2H3. The highest BCUT2D eigenvalue weighted by Gasteiger charge is 2.20. The van der Waals surface area contributed by atoms with E-state index in [0.717, 1.165) is 28.7 Å². The number of hydrogen-bond acceptors (Lipinski definition) is 5. The van der Waals surface area contributed by atoms with Gasteiger partial charge in [0.05, 0.1) is 17.8 Å². The molecule has 3 rings (SSSR count). The van der Waals surface area contributed by atoms with E-state index in [1.54, 1.807) is 18.4 Å². The molecule has 0 aliphatic heterocycles. The van der Waals surface area contributed by atoms with E-state index in [4.69, 9.17) is 9.47 Å². The number of benzene rings is 1. The summed E-state index contributed by atoms with van der Waals surface area (Å²) in [4.78, 5) is 4.40. The lowest BCUT2D eigenvalue weighted by Gasteiger charge is -2.12. The zero-order chi connectivity index (χ0) is 14.7. The molecular weight excluding hydrogens is 284 g/mol. The Bertz CT molecular complexity index is 608. The van der Waals surface area contributed by atoms with Crippen molar-refractivity contribution in [1.29, 1.82) is 0 Å². The lowest BCUT2D eigenvalue weighted by molar-refractivity contribution is 0.281. The molecule has 5 heteroatoms. The molecular formula is C16H20N2O2S. The van der Waals surface area contributed by atoms with Gasteiger partial charge in [0.25, 0.3) is 0 Å². The Morgan fingerprint density at radius 2 is 2.19 bits per heavy atom. The summed E-state index contributed by atoms with van der Waals surface area (Å²) in [6, 6.07) is 6.80. The molecule has 21 heavy (non-hydrogen) atoms. The third-order valence-corrected chi connectivity index (χ3v) is 4.26. The van der Waals surface area contributed by atoms with Crippen LogP contribution in [-0.2, 0) is 13.2 Å². The van der Waals surface area contributed by atoms with Crippen LogP contribution >= 0.6 is 11.3 Å². The SMILES string of the molecule is COc1cc(CNC2CC2)ccc1OCc1csc(C)n1. The summed E-state index contributed by atoms with van der Waals surface area (Å²) in [5.41, 5.74) is 2.18. The molecule has 1 aromatic heterocycles. The maximum Gasteiger partial charge on any atom is 0.161 e. The first-order valence-corrected chi connectivity index (χ1v) is 8.06. The second-order valence-electron chi connectivity index (χ2n) is 5.29. The molecule has 0 saturated heterocycles. The fourth-order valence-corrected chi connectivity index (χ4v) is 2.71. The van der Waals surface area contributed by atoms with E-state index < -0.39 is 0 Å². The van der Waals surface area contributed by atoms with Gasteiger partial charge >= 0.3 is 0 Å². The van der Waals surface area contributed by atoms with E-state index in [0.29, 0.717) is 12.6 Å². The third-order valence-electron chi connectivity index (χ3n) is 3.44. The van der Waals surface area contributed by atoms with Crippen LogP contribution in [0.5, 0.6) is 11.5 Å². The molecule has 0 amide bonds. The maximum atomic E-state index is 5.82. The zero-order valence-electron chi connectivity index (χ0n) is 12.4. The van der Waals surface area contributed by atoms with Crippen molar-refractivity contribution in [2.75, 3.05) is 7.11 Å². The van der Waals surface area contributed by atoms with E-state index in [9.17, 15) is 0 Å². The lowest BCUT2D eigenvalue weighted by atomic mass is 10.2. The van der Waals surface area contributed by atoms with Crippen molar-refractivity contribution in [1.82, 2.24) is 10.3 Å². The van der Waals surface area contributed by atoms with Crippen LogP contribution in [0.3, 0.4) is 0 Å². The minimum atomic E-state index is 0.473. The molecule has 1 fully saturated rings. The second-order valence-corrected chi connectivity index (χ2v) is 6.35. The Morgan fingerprint density at radius 1 is 1.33 bits per heavy atom. The van der Waals surface area contributed by atoms with Gasteiger partial charge in [-0.15, -0.1) is 11.3 Å². The Hall–Kier alpha value is -1.59. The number of nitrogens with zero attached hydrogens (tertiary/aromatic N) is 1. The van der Waals surface area contributed by atoms with Crippen molar-refractivity contribution < 1.29 is 9.47 Å². The normalized spacial score (nSPS) is 14.2. The molecule has 0 atom stereocenters. The van der Waals surface area contributed by atoms with Crippen LogP contribution in [-0.4, -0.2) is 18.1 Å². The molecule has 1 heterocycles. The third kappa shape index (κ3) is 3.95.